The van der Waals surface area contributed by atoms with Crippen molar-refractivity contribution in [3.05, 3.63) is 43.8 Å². The summed E-state index contributed by atoms with van der Waals surface area (Å²) in [5.41, 5.74) is -2.74. The van der Waals surface area contributed by atoms with Crippen LogP contribution in [0.2, 0.25) is 0 Å². The Bertz CT molecular complexity index is 735. The highest BCUT2D eigenvalue weighted by Crippen LogP contribution is 2.33. The predicted octanol–water partition coefficient (Wildman–Crippen LogP) is 1.88. The monoisotopic (exact) mass is 399 g/mol. The Kier molecular flexibility index (Phi) is 3.58. The van der Waals surface area contributed by atoms with Gasteiger partial charge in [0.05, 0.1) is 17.5 Å². The molecule has 0 aliphatic carbocycles. The van der Waals surface area contributed by atoms with E-state index in [1.807, 2.05) is 0 Å². The maximum absolute atomic E-state index is 12.8. The first-order valence-corrected chi connectivity index (χ1v) is 6.05. The summed E-state index contributed by atoms with van der Waals surface area (Å²) < 4.78 is 39.2. The summed E-state index contributed by atoms with van der Waals surface area (Å²) in [5.74, 6) is -1.79. The van der Waals surface area contributed by atoms with E-state index >= 15 is 0 Å². The molecule has 0 fully saturated rings. The number of alkyl halides is 3. The SMILES string of the molecule is O=C(O)c1cn(-c2nc[nH]c(=O)c2I)cc1C(F)(F)F. The fourth-order valence-corrected chi connectivity index (χ4v) is 2.10. The first kappa shape index (κ1) is 14.6. The average molecular weight is 399 g/mol. The van der Waals surface area contributed by atoms with Gasteiger partial charge in [-0.25, -0.2) is 9.78 Å². The van der Waals surface area contributed by atoms with Gasteiger partial charge in [-0.15, -0.1) is 0 Å². The molecule has 0 radical (unpaired) electrons. The minimum absolute atomic E-state index is 0.0470. The van der Waals surface area contributed by atoms with Crippen molar-refractivity contribution in [2.45, 2.75) is 6.18 Å². The van der Waals surface area contributed by atoms with Crippen LogP contribution < -0.4 is 5.56 Å². The van der Waals surface area contributed by atoms with Crippen LogP contribution in [-0.4, -0.2) is 25.6 Å². The summed E-state index contributed by atoms with van der Waals surface area (Å²) in [6, 6.07) is 0. The van der Waals surface area contributed by atoms with Gasteiger partial charge in [-0.05, 0) is 22.6 Å². The van der Waals surface area contributed by atoms with Crippen molar-refractivity contribution in [3.8, 4) is 5.82 Å². The molecule has 0 saturated heterocycles. The number of aromatic amines is 1. The number of nitrogens with zero attached hydrogens (tertiary/aromatic N) is 2. The summed E-state index contributed by atoms with van der Waals surface area (Å²) in [6.07, 6.45) is -2.43. The van der Waals surface area contributed by atoms with Gasteiger partial charge in [-0.2, -0.15) is 13.2 Å². The van der Waals surface area contributed by atoms with E-state index in [9.17, 15) is 22.8 Å². The molecule has 0 spiro atoms. The van der Waals surface area contributed by atoms with Gasteiger partial charge in [0.1, 0.15) is 3.57 Å². The molecule has 0 atom stereocenters. The Morgan fingerprint density at radius 3 is 2.55 bits per heavy atom. The van der Waals surface area contributed by atoms with E-state index in [-0.39, 0.29) is 9.39 Å². The number of halogens is 4. The van der Waals surface area contributed by atoms with Crippen LogP contribution in [0.15, 0.2) is 23.5 Å². The number of H-pyrrole nitrogens is 1. The van der Waals surface area contributed by atoms with Crippen molar-refractivity contribution in [1.29, 1.82) is 0 Å². The van der Waals surface area contributed by atoms with Gasteiger partial charge in [0, 0.05) is 12.4 Å². The van der Waals surface area contributed by atoms with E-state index in [4.69, 9.17) is 5.11 Å². The lowest BCUT2D eigenvalue weighted by molar-refractivity contribution is -0.138. The predicted molar refractivity (Wildman–Crippen MR) is 68.9 cm³/mol. The molecule has 2 N–H and O–H groups in total. The molecule has 2 heterocycles. The molecule has 0 bridgehead atoms. The lowest BCUT2D eigenvalue weighted by Crippen LogP contribution is -2.14. The van der Waals surface area contributed by atoms with Crippen LogP contribution >= 0.6 is 22.6 Å². The van der Waals surface area contributed by atoms with Crippen molar-refractivity contribution in [2.75, 3.05) is 0 Å². The van der Waals surface area contributed by atoms with Gasteiger partial charge >= 0.3 is 12.1 Å². The molecule has 2 rings (SSSR count). The lowest BCUT2D eigenvalue weighted by atomic mass is 10.2. The van der Waals surface area contributed by atoms with E-state index in [0.29, 0.717) is 6.20 Å². The molecule has 106 valence electrons. The zero-order valence-corrected chi connectivity index (χ0v) is 11.6. The summed E-state index contributed by atoms with van der Waals surface area (Å²) in [5, 5.41) is 8.81. The van der Waals surface area contributed by atoms with Gasteiger partial charge < -0.3 is 14.7 Å². The second kappa shape index (κ2) is 4.92. The largest absolute Gasteiger partial charge is 0.478 e. The first-order chi connectivity index (χ1) is 9.21. The number of aromatic carboxylic acids is 1. The third-order valence-electron chi connectivity index (χ3n) is 2.39. The summed E-state index contributed by atoms with van der Waals surface area (Å²) in [4.78, 5) is 28.2. The number of hydrogen-bond donors (Lipinski definition) is 2. The third kappa shape index (κ3) is 2.55. The van der Waals surface area contributed by atoms with Crippen molar-refractivity contribution >= 4 is 28.6 Å². The van der Waals surface area contributed by atoms with E-state index < -0.39 is 28.8 Å². The van der Waals surface area contributed by atoms with Gasteiger partial charge in [0.25, 0.3) is 5.56 Å². The molecule has 0 unspecified atom stereocenters. The van der Waals surface area contributed by atoms with Gasteiger partial charge in [-0.3, -0.25) is 4.79 Å². The smallest absolute Gasteiger partial charge is 0.418 e. The molecule has 6 nitrogen and oxygen atoms in total. The topological polar surface area (TPSA) is 88.0 Å². The molecular formula is C10H5F3IN3O3. The van der Waals surface area contributed by atoms with Crippen LogP contribution in [0.4, 0.5) is 13.2 Å². The minimum atomic E-state index is -4.81. The number of hydrogen-bond acceptors (Lipinski definition) is 3. The fraction of sp³-hybridized carbons (Fsp3) is 0.100. The summed E-state index contributed by atoms with van der Waals surface area (Å²) >= 11 is 1.61. The number of nitrogens with one attached hydrogen (secondary N) is 1. The lowest BCUT2D eigenvalue weighted by Gasteiger charge is -2.04. The molecule has 20 heavy (non-hydrogen) atoms. The quantitative estimate of drug-likeness (QED) is 0.756. The molecule has 10 heteroatoms. The summed E-state index contributed by atoms with van der Waals surface area (Å²) in [7, 11) is 0. The molecule has 0 aliphatic rings. The first-order valence-electron chi connectivity index (χ1n) is 4.98. The molecule has 0 aromatic carbocycles. The highest BCUT2D eigenvalue weighted by Gasteiger charge is 2.37. The van der Waals surface area contributed by atoms with Gasteiger partial charge in [0.2, 0.25) is 0 Å². The second-order valence-electron chi connectivity index (χ2n) is 3.66. The molecule has 2 aromatic heterocycles. The number of aromatic nitrogens is 3. The Morgan fingerprint density at radius 2 is 2.05 bits per heavy atom. The van der Waals surface area contributed by atoms with Crippen LogP contribution in [0.1, 0.15) is 15.9 Å². The van der Waals surface area contributed by atoms with Crippen LogP contribution in [0.5, 0.6) is 0 Å². The second-order valence-corrected chi connectivity index (χ2v) is 4.74. The Balaban J connectivity index is 2.69. The fourth-order valence-electron chi connectivity index (χ4n) is 1.53. The summed E-state index contributed by atoms with van der Waals surface area (Å²) in [6.45, 7) is 0. The number of carboxylic acids is 1. The highest BCUT2D eigenvalue weighted by molar-refractivity contribution is 14.1. The molecule has 0 amide bonds. The molecular weight excluding hydrogens is 394 g/mol. The van der Waals surface area contributed by atoms with Gasteiger partial charge in [0.15, 0.2) is 5.82 Å². The number of rotatable bonds is 2. The number of carboxylic acid groups (broad SMARTS) is 1. The highest BCUT2D eigenvalue weighted by atomic mass is 127. The van der Waals surface area contributed by atoms with Crippen molar-refractivity contribution in [3.63, 3.8) is 0 Å². The maximum atomic E-state index is 12.8. The normalized spacial score (nSPS) is 11.6. The molecule has 0 saturated carbocycles. The molecule has 2 aromatic rings. The Hall–Kier alpha value is -1.85. The van der Waals surface area contributed by atoms with Crippen LogP contribution in [0.25, 0.3) is 5.82 Å². The van der Waals surface area contributed by atoms with Crippen molar-refractivity contribution < 1.29 is 23.1 Å². The third-order valence-corrected chi connectivity index (χ3v) is 3.36. The van der Waals surface area contributed by atoms with Crippen molar-refractivity contribution in [1.82, 2.24) is 14.5 Å². The standard InChI is InChI=1S/C10H5F3IN3O3/c11-10(12,13)5-2-17(1-4(5)9(19)20)7-6(14)8(18)16-3-15-7/h1-3H,(H,19,20)(H,15,16,18). The van der Waals surface area contributed by atoms with Crippen LogP contribution in [0.3, 0.4) is 0 Å². The van der Waals surface area contributed by atoms with Gasteiger partial charge in [-0.1, -0.05) is 0 Å². The zero-order chi connectivity index (χ0) is 15.1. The van der Waals surface area contributed by atoms with E-state index in [1.54, 1.807) is 22.6 Å². The zero-order valence-electron chi connectivity index (χ0n) is 9.40. The molecule has 0 aliphatic heterocycles. The van der Waals surface area contributed by atoms with E-state index in [1.165, 1.54) is 0 Å². The van der Waals surface area contributed by atoms with Crippen molar-refractivity contribution in [2.24, 2.45) is 0 Å². The van der Waals surface area contributed by atoms with E-state index in [2.05, 4.69) is 9.97 Å². The average Bonchev–Trinajstić information content (AvgIpc) is 2.77. The van der Waals surface area contributed by atoms with E-state index in [0.717, 1.165) is 17.1 Å². The number of carbonyl (C=O) groups is 1. The Morgan fingerprint density at radius 1 is 1.40 bits per heavy atom. The Labute approximate surface area is 122 Å². The maximum Gasteiger partial charge on any atom is 0.418 e. The minimum Gasteiger partial charge on any atom is -0.478 e. The van der Waals surface area contributed by atoms with Crippen LogP contribution in [-0.2, 0) is 6.18 Å². The van der Waals surface area contributed by atoms with Crippen LogP contribution in [0, 0.1) is 3.57 Å².